The summed E-state index contributed by atoms with van der Waals surface area (Å²) in [6, 6.07) is 2.22. The first-order chi connectivity index (χ1) is 7.99. The van der Waals surface area contributed by atoms with Crippen LogP contribution in [0, 0.1) is 12.6 Å². The first-order valence-electron chi connectivity index (χ1n) is 6.39. The van der Waals surface area contributed by atoms with Crippen molar-refractivity contribution in [2.24, 2.45) is 0 Å². The molecule has 0 amide bonds. The van der Waals surface area contributed by atoms with Gasteiger partial charge in [-0.05, 0) is 11.8 Å². The first kappa shape index (κ1) is 17.6. The molecule has 0 bridgehead atoms. The Hall–Kier alpha value is -0.362. The predicted octanol–water partition coefficient (Wildman–Crippen LogP) is 3.77. The van der Waals surface area contributed by atoms with E-state index in [2.05, 4.69) is 43.3 Å². The molecule has 18 heavy (non-hydrogen) atoms. The monoisotopic (exact) mass is 416 g/mol. The molecule has 0 saturated carbocycles. The van der Waals surface area contributed by atoms with Crippen LogP contribution in [0.25, 0.3) is 0 Å². The Kier molecular flexibility index (Phi) is 7.78. The molecule has 2 rings (SSSR count). The summed E-state index contributed by atoms with van der Waals surface area (Å²) in [4.78, 5) is 4.38. The number of aromatic nitrogens is 1. The fourth-order valence-corrected chi connectivity index (χ4v) is 1.68. The molecule has 1 N–H and O–H groups in total. The first-order valence-corrected chi connectivity index (χ1v) is 6.39. The van der Waals surface area contributed by atoms with Gasteiger partial charge in [0.2, 0.25) is 0 Å². The Morgan fingerprint density at radius 2 is 1.94 bits per heavy atom. The molecular formula is C15H24N2W. The second-order valence-corrected chi connectivity index (χ2v) is 5.51. The molecule has 0 aromatic carbocycles. The van der Waals surface area contributed by atoms with Crippen LogP contribution in [0.15, 0.2) is 6.07 Å². The molecule has 2 heterocycles. The van der Waals surface area contributed by atoms with Crippen LogP contribution in [0.1, 0.15) is 52.3 Å². The van der Waals surface area contributed by atoms with Gasteiger partial charge in [0.05, 0.1) is 0 Å². The van der Waals surface area contributed by atoms with Gasteiger partial charge in [0.15, 0.2) is 0 Å². The zero-order chi connectivity index (χ0) is 12.9. The van der Waals surface area contributed by atoms with E-state index in [1.807, 2.05) is 20.3 Å². The molecule has 0 aliphatic carbocycles. The summed E-state index contributed by atoms with van der Waals surface area (Å²) in [6.07, 6.45) is 7.48. The summed E-state index contributed by atoms with van der Waals surface area (Å²) in [5.41, 5.74) is 3.74. The van der Waals surface area contributed by atoms with Crippen molar-refractivity contribution in [1.29, 1.82) is 0 Å². The largest absolute Gasteiger partial charge is 2.00 e. The fraction of sp³-hybridized carbons (Fsp3) is 0.600. The van der Waals surface area contributed by atoms with E-state index in [9.17, 15) is 0 Å². The Labute approximate surface area is 126 Å². The van der Waals surface area contributed by atoms with Crippen molar-refractivity contribution in [1.82, 2.24) is 4.98 Å². The minimum absolute atomic E-state index is 0. The van der Waals surface area contributed by atoms with Gasteiger partial charge in [-0.15, -0.1) is 11.6 Å². The number of hydrogen-bond donors (Lipinski definition) is 1. The maximum absolute atomic E-state index is 4.38. The average Bonchev–Trinajstić information content (AvgIpc) is 2.28. The van der Waals surface area contributed by atoms with Crippen molar-refractivity contribution in [3.05, 3.63) is 29.9 Å². The van der Waals surface area contributed by atoms with E-state index < -0.39 is 0 Å². The smallest absolute Gasteiger partial charge is 0.405 e. The van der Waals surface area contributed by atoms with Gasteiger partial charge in [0, 0.05) is 6.54 Å². The molecule has 2 nitrogen and oxygen atoms in total. The molecule has 0 fully saturated rings. The second-order valence-electron chi connectivity index (χ2n) is 5.51. The minimum atomic E-state index is 0. The summed E-state index contributed by atoms with van der Waals surface area (Å²) in [5.74, 6) is 0. The second kappa shape index (κ2) is 7.94. The topological polar surface area (TPSA) is 24.9 Å². The van der Waals surface area contributed by atoms with Crippen LogP contribution in [0.3, 0.4) is 0 Å². The van der Waals surface area contributed by atoms with Crippen molar-refractivity contribution in [3.63, 3.8) is 0 Å². The Balaban J connectivity index is 0.000000660. The Morgan fingerprint density at radius 3 is 2.50 bits per heavy atom. The quantitative estimate of drug-likeness (QED) is 0.652. The van der Waals surface area contributed by atoms with Crippen molar-refractivity contribution in [2.75, 3.05) is 11.9 Å². The van der Waals surface area contributed by atoms with Gasteiger partial charge in [-0.25, -0.2) is 0 Å². The number of hydrogen-bond acceptors (Lipinski definition) is 2. The molecule has 1 aromatic rings. The number of nitrogens with zero attached hydrogens (tertiary/aromatic N) is 1. The summed E-state index contributed by atoms with van der Waals surface area (Å²) in [7, 11) is 0. The van der Waals surface area contributed by atoms with E-state index in [0.29, 0.717) is 0 Å². The zero-order valence-electron chi connectivity index (χ0n) is 12.1. The molecule has 100 valence electrons. The number of anilines is 1. The summed E-state index contributed by atoms with van der Waals surface area (Å²) >= 11 is 0. The third-order valence-corrected chi connectivity index (χ3v) is 2.61. The van der Waals surface area contributed by atoms with Crippen LogP contribution >= 0.6 is 0 Å². The number of pyridine rings is 1. The van der Waals surface area contributed by atoms with Gasteiger partial charge in [-0.3, -0.25) is 0 Å². The minimum Gasteiger partial charge on any atom is -0.405 e. The van der Waals surface area contributed by atoms with E-state index in [1.54, 1.807) is 0 Å². The van der Waals surface area contributed by atoms with Crippen LogP contribution in [0.5, 0.6) is 0 Å². The molecule has 0 unspecified atom stereocenters. The molecule has 1 aliphatic heterocycles. The molecule has 1 aromatic heterocycles. The maximum Gasteiger partial charge on any atom is 2.00 e. The normalized spacial score (nSPS) is 13.4. The van der Waals surface area contributed by atoms with Crippen LogP contribution < -0.4 is 5.32 Å². The van der Waals surface area contributed by atoms with Crippen molar-refractivity contribution in [3.8, 4) is 0 Å². The summed E-state index contributed by atoms with van der Waals surface area (Å²) in [5, 5.41) is 3.32. The van der Waals surface area contributed by atoms with Crippen LogP contribution in [0.4, 0.5) is 5.69 Å². The van der Waals surface area contributed by atoms with Gasteiger partial charge in [-0.1, -0.05) is 44.8 Å². The Morgan fingerprint density at radius 1 is 1.33 bits per heavy atom. The van der Waals surface area contributed by atoms with E-state index in [-0.39, 0.29) is 26.5 Å². The molecule has 3 heteroatoms. The molecule has 0 spiro atoms. The number of nitrogens with one attached hydrogen (secondary N) is 1. The van der Waals surface area contributed by atoms with Gasteiger partial charge >= 0.3 is 21.1 Å². The van der Waals surface area contributed by atoms with Crippen LogP contribution in [0.2, 0.25) is 0 Å². The average molecular weight is 416 g/mol. The van der Waals surface area contributed by atoms with Crippen molar-refractivity contribution < 1.29 is 21.1 Å². The van der Waals surface area contributed by atoms with Gasteiger partial charge < -0.3 is 16.7 Å². The van der Waals surface area contributed by atoms with E-state index >= 15 is 0 Å². The predicted molar refractivity (Wildman–Crippen MR) is 74.2 cm³/mol. The summed E-state index contributed by atoms with van der Waals surface area (Å²) < 4.78 is 0. The summed E-state index contributed by atoms with van der Waals surface area (Å²) in [6.45, 7) is 11.6. The maximum atomic E-state index is 4.38. The van der Waals surface area contributed by atoms with E-state index in [0.717, 1.165) is 24.3 Å². The number of aryl methyl sites for hydroxylation is 1. The zero-order valence-corrected chi connectivity index (χ0v) is 15.1. The third-order valence-electron chi connectivity index (χ3n) is 2.61. The molecule has 0 atom stereocenters. The van der Waals surface area contributed by atoms with Crippen LogP contribution in [-0.4, -0.2) is 11.5 Å². The molecule has 1 aliphatic rings. The number of fused-ring (bicyclic) bond motifs is 1. The standard InChI is InChI=1S/C12H17N2.C3H7.W/c1-12(2,3)11-7-9-5-4-6-13-10(9)8-14-11;1-3-2;/h7,13H,4-6H2,1-3H3;3H,1-2H3;/q2*-1;+2. The Bertz CT molecular complexity index is 356. The number of rotatable bonds is 0. The van der Waals surface area contributed by atoms with Crippen LogP contribution in [-0.2, 0) is 32.9 Å². The van der Waals surface area contributed by atoms with Gasteiger partial charge in [-0.2, -0.15) is 13.8 Å². The van der Waals surface area contributed by atoms with Crippen molar-refractivity contribution >= 4 is 5.69 Å². The van der Waals surface area contributed by atoms with E-state index in [1.165, 1.54) is 12.0 Å². The van der Waals surface area contributed by atoms with Gasteiger partial charge in [0.25, 0.3) is 0 Å². The fourth-order valence-electron chi connectivity index (χ4n) is 1.68. The van der Waals surface area contributed by atoms with E-state index in [4.69, 9.17) is 0 Å². The molecule has 0 saturated heterocycles. The van der Waals surface area contributed by atoms with Gasteiger partial charge in [0.1, 0.15) is 0 Å². The third kappa shape index (κ3) is 5.10. The van der Waals surface area contributed by atoms with Crippen molar-refractivity contribution in [2.45, 2.75) is 52.9 Å². The molecular weight excluding hydrogens is 392 g/mol. The molecule has 0 radical (unpaired) electrons. The SMILES string of the molecule is CC(C)(C)c1cc2c([c-]n1)NCCC2.C[CH-]C.[W+2].